The van der Waals surface area contributed by atoms with E-state index in [4.69, 9.17) is 0 Å². The molecule has 38 valence electrons. The van der Waals surface area contributed by atoms with E-state index in [1.807, 2.05) is 0 Å². The molecule has 1 rings (SSSR count). The van der Waals surface area contributed by atoms with Crippen LogP contribution >= 0.6 is 9.90 Å². The average molecular weight is 114 g/mol. The largest absolute Gasteiger partial charge is 0.262 e. The molecule has 0 amide bonds. The van der Waals surface area contributed by atoms with E-state index in [-0.39, 0.29) is 9.90 Å². The van der Waals surface area contributed by atoms with Crippen molar-refractivity contribution < 1.29 is 0 Å². The molecule has 0 saturated heterocycles. The van der Waals surface area contributed by atoms with Crippen LogP contribution in [0.5, 0.6) is 0 Å². The Bertz CT molecular complexity index is 81.6. The lowest BCUT2D eigenvalue weighted by atomic mass is 10.8. The quantitative estimate of drug-likeness (QED) is 0.460. The van der Waals surface area contributed by atoms with Gasteiger partial charge in [-0.05, 0) is 0 Å². The van der Waals surface area contributed by atoms with E-state index in [1.165, 1.54) is 0 Å². The predicted molar refractivity (Wildman–Crippen MR) is 33.1 cm³/mol. The summed E-state index contributed by atoms with van der Waals surface area (Å²) >= 11 is 0. The molecular weight excluding hydrogens is 107 g/mol. The number of rotatable bonds is 0. The van der Waals surface area contributed by atoms with Crippen molar-refractivity contribution >= 4 is 9.90 Å². The zero-order valence-electron chi connectivity index (χ0n) is 3.91. The van der Waals surface area contributed by atoms with Crippen molar-refractivity contribution in [1.82, 2.24) is 9.97 Å². The Morgan fingerprint density at radius 3 is 1.14 bits per heavy atom. The van der Waals surface area contributed by atoms with Gasteiger partial charge in [0, 0.05) is 24.8 Å². The maximum atomic E-state index is 3.72. The van der Waals surface area contributed by atoms with Crippen molar-refractivity contribution in [2.75, 3.05) is 0 Å². The SMILES string of the molecule is P.c1cnccn1. The Kier molecular flexibility index (Phi) is 3.43. The first kappa shape index (κ1) is 6.51. The topological polar surface area (TPSA) is 25.8 Å². The predicted octanol–water partition coefficient (Wildman–Crippen LogP) is 0.535. The number of hydrogen-bond donors (Lipinski definition) is 0. The number of aromatic nitrogens is 2. The van der Waals surface area contributed by atoms with E-state index >= 15 is 0 Å². The van der Waals surface area contributed by atoms with Crippen LogP contribution in [0, 0.1) is 0 Å². The van der Waals surface area contributed by atoms with E-state index in [0.29, 0.717) is 0 Å². The van der Waals surface area contributed by atoms with Crippen LogP contribution in [0.3, 0.4) is 0 Å². The molecule has 0 saturated carbocycles. The van der Waals surface area contributed by atoms with Crippen molar-refractivity contribution in [3.63, 3.8) is 0 Å². The van der Waals surface area contributed by atoms with Crippen LogP contribution in [0.1, 0.15) is 0 Å². The third-order valence-corrected chi connectivity index (χ3v) is 0.478. The third kappa shape index (κ3) is 2.24. The molecule has 0 fully saturated rings. The Hall–Kier alpha value is -0.490. The summed E-state index contributed by atoms with van der Waals surface area (Å²) in [6.07, 6.45) is 6.56. The highest BCUT2D eigenvalue weighted by Crippen LogP contribution is 1.65. The van der Waals surface area contributed by atoms with Crippen molar-refractivity contribution in [2.24, 2.45) is 0 Å². The van der Waals surface area contributed by atoms with E-state index in [9.17, 15) is 0 Å². The zero-order valence-corrected chi connectivity index (χ0v) is 5.33. The standard InChI is InChI=1S/C4H4N2.H3P/c1-2-6-4-3-5-1;/h1-4H;1H3. The van der Waals surface area contributed by atoms with Crippen LogP contribution in [-0.2, 0) is 0 Å². The van der Waals surface area contributed by atoms with E-state index in [2.05, 4.69) is 9.97 Å². The van der Waals surface area contributed by atoms with Gasteiger partial charge in [0.1, 0.15) is 0 Å². The molecule has 0 aliphatic rings. The summed E-state index contributed by atoms with van der Waals surface area (Å²) in [4.78, 5) is 7.44. The van der Waals surface area contributed by atoms with Gasteiger partial charge in [-0.25, -0.2) is 0 Å². The molecule has 7 heavy (non-hydrogen) atoms. The molecule has 0 aliphatic heterocycles. The minimum absolute atomic E-state index is 0. The first-order chi connectivity index (χ1) is 3.00. The fraction of sp³-hybridized carbons (Fsp3) is 0. The van der Waals surface area contributed by atoms with Gasteiger partial charge in [0.05, 0.1) is 0 Å². The third-order valence-electron chi connectivity index (χ3n) is 0.478. The van der Waals surface area contributed by atoms with Gasteiger partial charge < -0.3 is 0 Å². The fourth-order valence-corrected chi connectivity index (χ4v) is 0.253. The summed E-state index contributed by atoms with van der Waals surface area (Å²) in [5, 5.41) is 0. The lowest BCUT2D eigenvalue weighted by Crippen LogP contribution is -1.66. The summed E-state index contributed by atoms with van der Waals surface area (Å²) in [7, 11) is 0. The van der Waals surface area contributed by atoms with Gasteiger partial charge in [-0.3, -0.25) is 9.97 Å². The molecule has 3 heteroatoms. The second-order valence-corrected chi connectivity index (χ2v) is 0.894. The molecule has 0 bridgehead atoms. The van der Waals surface area contributed by atoms with Crippen LogP contribution in [0.15, 0.2) is 24.8 Å². The highest BCUT2D eigenvalue weighted by molar-refractivity contribution is 6.92. The van der Waals surface area contributed by atoms with Gasteiger partial charge >= 0.3 is 0 Å². The molecule has 0 N–H and O–H groups in total. The molecule has 0 aliphatic carbocycles. The van der Waals surface area contributed by atoms with Crippen LogP contribution < -0.4 is 0 Å². The van der Waals surface area contributed by atoms with Gasteiger partial charge in [-0.15, -0.1) is 0 Å². The first-order valence-electron chi connectivity index (χ1n) is 1.70. The molecule has 1 heterocycles. The second-order valence-electron chi connectivity index (χ2n) is 0.894. The summed E-state index contributed by atoms with van der Waals surface area (Å²) in [6.45, 7) is 0. The van der Waals surface area contributed by atoms with Crippen LogP contribution in [0.4, 0.5) is 0 Å². The van der Waals surface area contributed by atoms with Gasteiger partial charge in [0.25, 0.3) is 0 Å². The minimum Gasteiger partial charge on any atom is -0.262 e. The van der Waals surface area contributed by atoms with Crippen molar-refractivity contribution in [1.29, 1.82) is 0 Å². The van der Waals surface area contributed by atoms with Crippen molar-refractivity contribution in [3.8, 4) is 0 Å². The summed E-state index contributed by atoms with van der Waals surface area (Å²) in [5.74, 6) is 0. The lowest BCUT2D eigenvalue weighted by Gasteiger charge is -1.70. The van der Waals surface area contributed by atoms with Crippen LogP contribution in [0.2, 0.25) is 0 Å². The molecular formula is C4H7N2P. The molecule has 0 aromatic carbocycles. The maximum Gasteiger partial charge on any atom is 0.0451 e. The molecule has 2 nitrogen and oxygen atoms in total. The minimum atomic E-state index is 0. The van der Waals surface area contributed by atoms with E-state index in [1.54, 1.807) is 24.8 Å². The Balaban J connectivity index is 0.000000360. The Morgan fingerprint density at radius 1 is 0.714 bits per heavy atom. The number of hydrogen-bond acceptors (Lipinski definition) is 2. The van der Waals surface area contributed by atoms with Gasteiger partial charge in [0.15, 0.2) is 0 Å². The van der Waals surface area contributed by atoms with Crippen molar-refractivity contribution in [3.05, 3.63) is 24.8 Å². The molecule has 0 spiro atoms. The molecule has 1 aromatic heterocycles. The molecule has 0 radical (unpaired) electrons. The van der Waals surface area contributed by atoms with Gasteiger partial charge in [-0.1, -0.05) is 0 Å². The van der Waals surface area contributed by atoms with E-state index < -0.39 is 0 Å². The smallest absolute Gasteiger partial charge is 0.0451 e. The zero-order chi connectivity index (χ0) is 4.24. The average Bonchev–Trinajstić information content (AvgIpc) is 1.72. The fourth-order valence-electron chi connectivity index (χ4n) is 0.253. The highest BCUT2D eigenvalue weighted by atomic mass is 31.0. The molecule has 1 unspecified atom stereocenters. The Morgan fingerprint density at radius 2 is 1.00 bits per heavy atom. The molecule has 1 aromatic rings. The highest BCUT2D eigenvalue weighted by Gasteiger charge is 1.59. The second kappa shape index (κ2) is 3.69. The van der Waals surface area contributed by atoms with Crippen LogP contribution in [-0.4, -0.2) is 9.97 Å². The maximum absolute atomic E-state index is 3.72. The van der Waals surface area contributed by atoms with Gasteiger partial charge in [-0.2, -0.15) is 9.90 Å². The summed E-state index contributed by atoms with van der Waals surface area (Å²) in [6, 6.07) is 0. The van der Waals surface area contributed by atoms with Crippen LogP contribution in [0.25, 0.3) is 0 Å². The van der Waals surface area contributed by atoms with Crippen molar-refractivity contribution in [2.45, 2.75) is 0 Å². The van der Waals surface area contributed by atoms with E-state index in [0.717, 1.165) is 0 Å². The Labute approximate surface area is 45.6 Å². The van der Waals surface area contributed by atoms with Gasteiger partial charge in [0.2, 0.25) is 0 Å². The number of nitrogens with zero attached hydrogens (tertiary/aromatic N) is 2. The molecule has 1 atom stereocenters. The lowest BCUT2D eigenvalue weighted by molar-refractivity contribution is 1.20. The normalized spacial score (nSPS) is 6.86. The first-order valence-corrected chi connectivity index (χ1v) is 1.70. The monoisotopic (exact) mass is 114 g/mol. The summed E-state index contributed by atoms with van der Waals surface area (Å²) < 4.78 is 0. The summed E-state index contributed by atoms with van der Waals surface area (Å²) in [5.41, 5.74) is 0.